The van der Waals surface area contributed by atoms with Crippen molar-refractivity contribution < 1.29 is 17.6 Å². The lowest BCUT2D eigenvalue weighted by Crippen LogP contribution is -2.35. The fourth-order valence-corrected chi connectivity index (χ4v) is 2.86. The molecule has 0 fully saturated rings. The predicted molar refractivity (Wildman–Crippen MR) is 94.5 cm³/mol. The van der Waals surface area contributed by atoms with Crippen LogP contribution < -0.4 is 15.8 Å². The second-order valence-electron chi connectivity index (χ2n) is 5.75. The summed E-state index contributed by atoms with van der Waals surface area (Å²) in [7, 11) is 0.0418. The van der Waals surface area contributed by atoms with Gasteiger partial charge in [0.2, 0.25) is 15.9 Å². The van der Waals surface area contributed by atoms with Crippen molar-refractivity contribution in [1.82, 2.24) is 10.2 Å². The van der Waals surface area contributed by atoms with Crippen molar-refractivity contribution in [3.05, 3.63) is 48.4 Å². The van der Waals surface area contributed by atoms with Gasteiger partial charge in [-0.05, 0) is 44.4 Å². The van der Waals surface area contributed by atoms with Gasteiger partial charge >= 0.3 is 0 Å². The van der Waals surface area contributed by atoms with Gasteiger partial charge in [-0.25, -0.2) is 13.6 Å². The van der Waals surface area contributed by atoms with Gasteiger partial charge in [-0.2, -0.15) is 0 Å². The topological polar surface area (TPSA) is 118 Å². The lowest BCUT2D eigenvalue weighted by molar-refractivity contribution is -0.115. The first-order valence-corrected chi connectivity index (χ1v) is 9.15. The molecule has 1 atom stereocenters. The maximum atomic E-state index is 12.0. The summed E-state index contributed by atoms with van der Waals surface area (Å²) in [6.07, 6.45) is 1.61. The van der Waals surface area contributed by atoms with Crippen LogP contribution in [0.2, 0.25) is 0 Å². The molecule has 0 spiro atoms. The Labute approximate surface area is 147 Å². The molecule has 0 unspecified atom stereocenters. The van der Waals surface area contributed by atoms with Crippen LogP contribution in [0.15, 0.2) is 52.0 Å². The van der Waals surface area contributed by atoms with Crippen molar-refractivity contribution in [3.63, 3.8) is 0 Å². The number of hydrogen-bond donors (Lipinski definition) is 3. The van der Waals surface area contributed by atoms with Gasteiger partial charge in [0.1, 0.15) is 5.76 Å². The second-order valence-corrected chi connectivity index (χ2v) is 7.31. The summed E-state index contributed by atoms with van der Waals surface area (Å²) in [5, 5.41) is 10.8. The Kier molecular flexibility index (Phi) is 6.32. The third-order valence-corrected chi connectivity index (χ3v) is 4.48. The number of hydrogen-bond acceptors (Lipinski definition) is 6. The molecule has 0 aliphatic heterocycles. The maximum Gasteiger partial charge on any atom is 0.238 e. The summed E-state index contributed by atoms with van der Waals surface area (Å²) < 4.78 is 28.1. The Morgan fingerprint density at radius 3 is 2.64 bits per heavy atom. The molecule has 0 radical (unpaired) electrons. The number of carbonyl (C=O) groups excluding carboxylic acids is 1. The van der Waals surface area contributed by atoms with E-state index in [1.165, 1.54) is 18.2 Å². The summed E-state index contributed by atoms with van der Waals surface area (Å²) in [4.78, 5) is 14.0. The molecule has 0 bridgehead atoms. The lowest BCUT2D eigenvalue weighted by Gasteiger charge is -2.22. The number of nitrogens with two attached hydrogens (primary N) is 1. The van der Waals surface area contributed by atoms with Gasteiger partial charge in [-0.3, -0.25) is 9.69 Å². The summed E-state index contributed by atoms with van der Waals surface area (Å²) in [6, 6.07) is 9.49. The van der Waals surface area contributed by atoms with Crippen LogP contribution in [0.5, 0.6) is 0 Å². The smallest absolute Gasteiger partial charge is 0.238 e. The van der Waals surface area contributed by atoms with Crippen molar-refractivity contribution in [3.8, 4) is 0 Å². The molecule has 1 aromatic carbocycles. The molecule has 25 heavy (non-hydrogen) atoms. The van der Waals surface area contributed by atoms with Crippen LogP contribution >= 0.6 is 0 Å². The Hall–Kier alpha value is -2.20. The van der Waals surface area contributed by atoms with E-state index in [-0.39, 0.29) is 23.4 Å². The van der Waals surface area contributed by atoms with E-state index >= 15 is 0 Å². The highest BCUT2D eigenvalue weighted by Gasteiger charge is 2.17. The van der Waals surface area contributed by atoms with Gasteiger partial charge in [0, 0.05) is 12.2 Å². The van der Waals surface area contributed by atoms with E-state index in [0.717, 1.165) is 5.76 Å². The SMILES string of the molecule is CN(C)[C@H](CNCC(=O)Nc1cccc(S(N)(=O)=O)c1)c1ccco1. The van der Waals surface area contributed by atoms with Crippen molar-refractivity contribution >= 4 is 21.6 Å². The molecule has 2 rings (SSSR count). The largest absolute Gasteiger partial charge is 0.468 e. The Bertz CT molecular complexity index is 803. The van der Waals surface area contributed by atoms with E-state index in [2.05, 4.69) is 10.6 Å². The number of amides is 1. The third-order valence-electron chi connectivity index (χ3n) is 3.56. The van der Waals surface area contributed by atoms with Gasteiger partial charge in [-0.1, -0.05) is 6.07 Å². The lowest BCUT2D eigenvalue weighted by atomic mass is 10.2. The quantitative estimate of drug-likeness (QED) is 0.635. The number of anilines is 1. The van der Waals surface area contributed by atoms with Crippen LogP contribution in [0.4, 0.5) is 5.69 Å². The van der Waals surface area contributed by atoms with Crippen LogP contribution in [-0.4, -0.2) is 46.4 Å². The summed E-state index contributed by atoms with van der Waals surface area (Å²) in [5.74, 6) is 0.516. The molecule has 0 saturated carbocycles. The Balaban J connectivity index is 1.89. The zero-order valence-electron chi connectivity index (χ0n) is 14.1. The van der Waals surface area contributed by atoms with Gasteiger partial charge in [0.05, 0.1) is 23.7 Å². The van der Waals surface area contributed by atoms with E-state index < -0.39 is 10.0 Å². The minimum Gasteiger partial charge on any atom is -0.468 e. The number of rotatable bonds is 8. The molecule has 0 aliphatic rings. The monoisotopic (exact) mass is 366 g/mol. The van der Waals surface area contributed by atoms with Crippen molar-refractivity contribution in [2.24, 2.45) is 5.14 Å². The average Bonchev–Trinajstić information content (AvgIpc) is 3.04. The summed E-state index contributed by atoms with van der Waals surface area (Å²) in [6.45, 7) is 0.593. The van der Waals surface area contributed by atoms with Crippen molar-refractivity contribution in [1.29, 1.82) is 0 Å². The Morgan fingerprint density at radius 1 is 1.28 bits per heavy atom. The molecule has 9 heteroatoms. The fraction of sp³-hybridized carbons (Fsp3) is 0.312. The first-order chi connectivity index (χ1) is 11.8. The second kappa shape index (κ2) is 8.26. The number of furan rings is 1. The molecular formula is C16H22N4O4S. The van der Waals surface area contributed by atoms with Crippen LogP contribution in [0, 0.1) is 0 Å². The Morgan fingerprint density at radius 2 is 2.04 bits per heavy atom. The molecule has 1 aromatic heterocycles. The van der Waals surface area contributed by atoms with E-state index in [0.29, 0.717) is 12.2 Å². The first-order valence-electron chi connectivity index (χ1n) is 7.60. The highest BCUT2D eigenvalue weighted by atomic mass is 32.2. The number of benzene rings is 1. The highest BCUT2D eigenvalue weighted by molar-refractivity contribution is 7.89. The van der Waals surface area contributed by atoms with Crippen molar-refractivity contribution in [2.75, 3.05) is 32.5 Å². The van der Waals surface area contributed by atoms with Gasteiger partial charge < -0.3 is 15.1 Å². The molecule has 1 heterocycles. The van der Waals surface area contributed by atoms with Crippen molar-refractivity contribution in [2.45, 2.75) is 10.9 Å². The molecule has 4 N–H and O–H groups in total. The average molecular weight is 366 g/mol. The first kappa shape index (κ1) is 19.1. The van der Waals surface area contributed by atoms with Gasteiger partial charge in [-0.15, -0.1) is 0 Å². The number of primary sulfonamides is 1. The standard InChI is InChI=1S/C16H22N4O4S/c1-20(2)14(15-7-4-8-24-15)10-18-11-16(21)19-12-5-3-6-13(9-12)25(17,22)23/h3-9,14,18H,10-11H2,1-2H3,(H,19,21)(H2,17,22,23)/t14-/m1/s1. The molecular weight excluding hydrogens is 344 g/mol. The maximum absolute atomic E-state index is 12.0. The van der Waals surface area contributed by atoms with E-state index in [1.807, 2.05) is 31.1 Å². The van der Waals surface area contributed by atoms with Crippen LogP contribution in [-0.2, 0) is 14.8 Å². The van der Waals surface area contributed by atoms with E-state index in [1.54, 1.807) is 12.3 Å². The number of sulfonamides is 1. The van der Waals surface area contributed by atoms with Gasteiger partial charge in [0.25, 0.3) is 0 Å². The number of likely N-dealkylation sites (N-methyl/N-ethyl adjacent to an activating group) is 1. The summed E-state index contributed by atoms with van der Waals surface area (Å²) in [5.41, 5.74) is 0.369. The minimum atomic E-state index is -3.81. The minimum absolute atomic E-state index is 0.00601. The molecule has 2 aromatic rings. The zero-order valence-corrected chi connectivity index (χ0v) is 14.9. The zero-order chi connectivity index (χ0) is 18.4. The fourth-order valence-electron chi connectivity index (χ4n) is 2.30. The molecule has 1 amide bonds. The van der Waals surface area contributed by atoms with Gasteiger partial charge in [0.15, 0.2) is 0 Å². The number of nitrogens with one attached hydrogen (secondary N) is 2. The van der Waals surface area contributed by atoms with E-state index in [9.17, 15) is 13.2 Å². The number of nitrogens with zero attached hydrogens (tertiary/aromatic N) is 1. The predicted octanol–water partition coefficient (Wildman–Crippen LogP) is 0.758. The third kappa shape index (κ3) is 5.68. The summed E-state index contributed by atoms with van der Waals surface area (Å²) >= 11 is 0. The van der Waals surface area contributed by atoms with Crippen LogP contribution in [0.25, 0.3) is 0 Å². The highest BCUT2D eigenvalue weighted by Crippen LogP contribution is 2.17. The molecule has 0 aliphatic carbocycles. The van der Waals surface area contributed by atoms with E-state index in [4.69, 9.17) is 9.56 Å². The normalized spacial score (nSPS) is 13.0. The van der Waals surface area contributed by atoms with Crippen LogP contribution in [0.3, 0.4) is 0 Å². The molecule has 136 valence electrons. The number of carbonyl (C=O) groups is 1. The van der Waals surface area contributed by atoms with Crippen LogP contribution in [0.1, 0.15) is 11.8 Å². The molecule has 8 nitrogen and oxygen atoms in total. The molecule has 0 saturated heterocycles.